The Morgan fingerprint density at radius 3 is 3.09 bits per heavy atom. The smallest absolute Gasteiger partial charge is 0.326 e. The lowest BCUT2D eigenvalue weighted by atomic mass is 10.1. The Balaban J connectivity index is 2.05. The molecule has 1 atom stereocenters. The van der Waals surface area contributed by atoms with Gasteiger partial charge >= 0.3 is 5.97 Å². The number of carboxylic acid groups (broad SMARTS) is 1. The van der Waals surface area contributed by atoms with Crippen LogP contribution in [-0.4, -0.2) is 35.3 Å². The molecule has 0 spiro atoms. The molecule has 0 radical (unpaired) electrons. The second-order valence-electron chi connectivity index (χ2n) is 5.52. The van der Waals surface area contributed by atoms with E-state index < -0.39 is 12.0 Å². The molecule has 1 fully saturated rings. The van der Waals surface area contributed by atoms with Crippen molar-refractivity contribution in [1.29, 1.82) is 0 Å². The molecule has 1 aromatic carbocycles. The van der Waals surface area contributed by atoms with Crippen molar-refractivity contribution < 1.29 is 14.6 Å². The highest BCUT2D eigenvalue weighted by Gasteiger charge is 2.31. The van der Waals surface area contributed by atoms with Gasteiger partial charge in [-0.05, 0) is 31.4 Å². The fourth-order valence-electron chi connectivity index (χ4n) is 3.03. The van der Waals surface area contributed by atoms with Crippen LogP contribution in [0.15, 0.2) is 30.5 Å². The fourth-order valence-corrected chi connectivity index (χ4v) is 3.03. The number of aromatic nitrogens is 1. The molecule has 0 amide bonds. The van der Waals surface area contributed by atoms with Crippen LogP contribution in [0.3, 0.4) is 0 Å². The van der Waals surface area contributed by atoms with Crippen LogP contribution in [0.25, 0.3) is 10.9 Å². The molecule has 5 heteroatoms. The Morgan fingerprint density at radius 2 is 2.32 bits per heavy atom. The Labute approximate surface area is 129 Å². The van der Waals surface area contributed by atoms with Crippen LogP contribution >= 0.6 is 0 Å². The molecule has 2 heterocycles. The summed E-state index contributed by atoms with van der Waals surface area (Å²) in [7, 11) is 0. The number of ether oxygens (including phenoxy) is 1. The van der Waals surface area contributed by atoms with Gasteiger partial charge in [0, 0.05) is 23.8 Å². The van der Waals surface area contributed by atoms with E-state index in [1.807, 2.05) is 29.2 Å². The molecule has 2 aromatic rings. The molecule has 0 bridgehead atoms. The summed E-state index contributed by atoms with van der Waals surface area (Å²) >= 11 is 0. The number of para-hydroxylation sites is 1. The molecule has 0 aliphatic carbocycles. The summed E-state index contributed by atoms with van der Waals surface area (Å²) in [5, 5.41) is 10.4. The SMILES string of the molecule is CCCOc1cccc2c(N3CCCC3C(=O)O)ccnc12. The standard InChI is InChI=1S/C17H20N2O3/c1-2-11-22-15-7-3-5-12-13(8-9-18-16(12)15)19-10-4-6-14(19)17(20)21/h3,5,7-9,14H,2,4,6,10-11H2,1H3,(H,20,21). The maximum atomic E-state index is 11.4. The van der Waals surface area contributed by atoms with Crippen LogP contribution in [0.5, 0.6) is 5.75 Å². The van der Waals surface area contributed by atoms with Crippen LogP contribution in [0, 0.1) is 0 Å². The summed E-state index contributed by atoms with van der Waals surface area (Å²) in [5.41, 5.74) is 1.72. The molecule has 0 saturated carbocycles. The van der Waals surface area contributed by atoms with Crippen molar-refractivity contribution in [2.75, 3.05) is 18.1 Å². The van der Waals surface area contributed by atoms with E-state index in [9.17, 15) is 9.90 Å². The van der Waals surface area contributed by atoms with Gasteiger partial charge in [0.15, 0.2) is 0 Å². The zero-order chi connectivity index (χ0) is 15.5. The number of fused-ring (bicyclic) bond motifs is 1. The summed E-state index contributed by atoms with van der Waals surface area (Å²) in [5.74, 6) is -0.00637. The lowest BCUT2D eigenvalue weighted by molar-refractivity contribution is -0.138. The van der Waals surface area contributed by atoms with Gasteiger partial charge in [0.25, 0.3) is 0 Å². The van der Waals surface area contributed by atoms with Gasteiger partial charge in [0.2, 0.25) is 0 Å². The third kappa shape index (κ3) is 2.58. The van der Waals surface area contributed by atoms with Gasteiger partial charge in [-0.2, -0.15) is 0 Å². The third-order valence-electron chi connectivity index (χ3n) is 4.02. The fraction of sp³-hybridized carbons (Fsp3) is 0.412. The predicted octanol–water partition coefficient (Wildman–Crippen LogP) is 3.08. The van der Waals surface area contributed by atoms with Crippen molar-refractivity contribution in [2.24, 2.45) is 0 Å². The minimum atomic E-state index is -0.763. The number of aliphatic carboxylic acids is 1. The van der Waals surface area contributed by atoms with E-state index in [0.717, 1.165) is 41.7 Å². The Morgan fingerprint density at radius 1 is 1.45 bits per heavy atom. The average Bonchev–Trinajstić information content (AvgIpc) is 3.02. The number of hydrogen-bond donors (Lipinski definition) is 1. The minimum absolute atomic E-state index is 0.453. The second kappa shape index (κ2) is 6.22. The molecule has 1 aliphatic rings. The Hall–Kier alpha value is -2.30. The molecular formula is C17H20N2O3. The van der Waals surface area contributed by atoms with Gasteiger partial charge in [-0.3, -0.25) is 4.98 Å². The highest BCUT2D eigenvalue weighted by atomic mass is 16.5. The first kappa shape index (κ1) is 14.6. The van der Waals surface area contributed by atoms with Crippen molar-refractivity contribution in [3.63, 3.8) is 0 Å². The van der Waals surface area contributed by atoms with Crippen LogP contribution < -0.4 is 9.64 Å². The molecule has 116 valence electrons. The van der Waals surface area contributed by atoms with E-state index in [-0.39, 0.29) is 0 Å². The number of benzene rings is 1. The number of carboxylic acids is 1. The summed E-state index contributed by atoms with van der Waals surface area (Å²) in [4.78, 5) is 17.9. The van der Waals surface area contributed by atoms with E-state index >= 15 is 0 Å². The number of pyridine rings is 1. The van der Waals surface area contributed by atoms with E-state index in [1.54, 1.807) is 6.20 Å². The second-order valence-corrected chi connectivity index (χ2v) is 5.52. The third-order valence-corrected chi connectivity index (χ3v) is 4.02. The molecule has 1 N–H and O–H groups in total. The highest BCUT2D eigenvalue weighted by Crippen LogP contribution is 2.34. The molecule has 1 aliphatic heterocycles. The molecule has 1 saturated heterocycles. The van der Waals surface area contributed by atoms with Gasteiger partial charge < -0.3 is 14.7 Å². The van der Waals surface area contributed by atoms with Crippen LogP contribution in [0.2, 0.25) is 0 Å². The monoisotopic (exact) mass is 300 g/mol. The zero-order valence-electron chi connectivity index (χ0n) is 12.7. The van der Waals surface area contributed by atoms with Crippen molar-refractivity contribution in [2.45, 2.75) is 32.2 Å². The molecule has 5 nitrogen and oxygen atoms in total. The highest BCUT2D eigenvalue weighted by molar-refractivity contribution is 5.96. The first-order valence-corrected chi connectivity index (χ1v) is 7.72. The predicted molar refractivity (Wildman–Crippen MR) is 85.5 cm³/mol. The largest absolute Gasteiger partial charge is 0.491 e. The number of rotatable bonds is 5. The minimum Gasteiger partial charge on any atom is -0.491 e. The lowest BCUT2D eigenvalue weighted by Gasteiger charge is -2.25. The van der Waals surface area contributed by atoms with Gasteiger partial charge in [0.05, 0.1) is 6.61 Å². The topological polar surface area (TPSA) is 62.7 Å². The maximum Gasteiger partial charge on any atom is 0.326 e. The van der Waals surface area contributed by atoms with Gasteiger partial charge in [-0.15, -0.1) is 0 Å². The molecule has 1 aromatic heterocycles. The normalized spacial score (nSPS) is 17.9. The Bertz CT molecular complexity index is 687. The van der Waals surface area contributed by atoms with Crippen LogP contribution in [0.4, 0.5) is 5.69 Å². The van der Waals surface area contributed by atoms with E-state index in [4.69, 9.17) is 4.74 Å². The summed E-state index contributed by atoms with van der Waals surface area (Å²) in [6.45, 7) is 3.47. The van der Waals surface area contributed by atoms with Crippen LogP contribution in [0.1, 0.15) is 26.2 Å². The van der Waals surface area contributed by atoms with Gasteiger partial charge in [-0.25, -0.2) is 4.79 Å². The van der Waals surface area contributed by atoms with E-state index in [2.05, 4.69) is 11.9 Å². The van der Waals surface area contributed by atoms with Crippen LogP contribution in [-0.2, 0) is 4.79 Å². The Kier molecular flexibility index (Phi) is 4.13. The lowest BCUT2D eigenvalue weighted by Crippen LogP contribution is -2.36. The number of nitrogens with zero attached hydrogens (tertiary/aromatic N) is 2. The summed E-state index contributed by atoms with van der Waals surface area (Å²) in [6.07, 6.45) is 4.25. The number of anilines is 1. The molecule has 1 unspecified atom stereocenters. The number of hydrogen-bond acceptors (Lipinski definition) is 4. The van der Waals surface area contributed by atoms with Crippen molar-refractivity contribution in [3.05, 3.63) is 30.5 Å². The van der Waals surface area contributed by atoms with E-state index in [1.165, 1.54) is 0 Å². The summed E-state index contributed by atoms with van der Waals surface area (Å²) < 4.78 is 5.76. The van der Waals surface area contributed by atoms with Crippen molar-refractivity contribution in [1.82, 2.24) is 4.98 Å². The molecule has 3 rings (SSSR count). The first-order valence-electron chi connectivity index (χ1n) is 7.72. The van der Waals surface area contributed by atoms with Gasteiger partial charge in [0.1, 0.15) is 17.3 Å². The van der Waals surface area contributed by atoms with E-state index in [0.29, 0.717) is 13.0 Å². The maximum absolute atomic E-state index is 11.4. The summed E-state index contributed by atoms with van der Waals surface area (Å²) in [6, 6.07) is 7.27. The quantitative estimate of drug-likeness (QED) is 0.919. The average molecular weight is 300 g/mol. The molecule has 22 heavy (non-hydrogen) atoms. The van der Waals surface area contributed by atoms with Crippen molar-refractivity contribution in [3.8, 4) is 5.75 Å². The van der Waals surface area contributed by atoms with Crippen molar-refractivity contribution >= 4 is 22.6 Å². The number of carbonyl (C=O) groups is 1. The first-order chi connectivity index (χ1) is 10.7. The van der Waals surface area contributed by atoms with Gasteiger partial charge in [-0.1, -0.05) is 19.1 Å². The zero-order valence-corrected chi connectivity index (χ0v) is 12.7. The molecular weight excluding hydrogens is 280 g/mol.